The quantitative estimate of drug-likeness (QED) is 0.116. The van der Waals surface area contributed by atoms with Crippen molar-refractivity contribution in [3.05, 3.63) is 143 Å². The monoisotopic (exact) mass is 580 g/mol. The first kappa shape index (κ1) is 29.2. The minimum Gasteiger partial charge on any atom is -0.282 e. The summed E-state index contributed by atoms with van der Waals surface area (Å²) < 4.78 is 0. The van der Waals surface area contributed by atoms with Crippen molar-refractivity contribution in [3.63, 3.8) is 0 Å². The van der Waals surface area contributed by atoms with Gasteiger partial charge >= 0.3 is 0 Å². The van der Waals surface area contributed by atoms with Crippen LogP contribution in [0.25, 0.3) is 10.8 Å². The molecule has 1 unspecified atom stereocenters. The molecule has 216 valence electrons. The minimum absolute atomic E-state index is 0.311. The molecule has 0 bridgehead atoms. The van der Waals surface area contributed by atoms with Crippen LogP contribution in [0.2, 0.25) is 0 Å². The first-order valence-corrected chi connectivity index (χ1v) is 17.3. The maximum absolute atomic E-state index is 5.53. The smallest absolute Gasteiger partial charge is 0.0974 e. The van der Waals surface area contributed by atoms with E-state index in [4.69, 9.17) is 9.98 Å². The summed E-state index contributed by atoms with van der Waals surface area (Å²) in [5.41, 5.74) is 9.64. The lowest BCUT2D eigenvalue weighted by molar-refractivity contribution is 0.835. The van der Waals surface area contributed by atoms with E-state index in [9.17, 15) is 0 Å². The molecule has 2 nitrogen and oxygen atoms in total. The van der Waals surface area contributed by atoms with Gasteiger partial charge in [0.05, 0.1) is 17.1 Å². The van der Waals surface area contributed by atoms with E-state index in [0.717, 1.165) is 42.4 Å². The summed E-state index contributed by atoms with van der Waals surface area (Å²) in [5.74, 6) is 0.778. The molecule has 1 atom stereocenters. The van der Waals surface area contributed by atoms with Gasteiger partial charge in [-0.1, -0.05) is 151 Å². The molecule has 43 heavy (non-hydrogen) atoms. The fraction of sp³-hybridized carbons (Fsp3) is 0.250. The van der Waals surface area contributed by atoms with Gasteiger partial charge in [-0.15, -0.1) is 0 Å². The van der Waals surface area contributed by atoms with E-state index in [1.165, 1.54) is 43.9 Å². The molecule has 0 saturated carbocycles. The van der Waals surface area contributed by atoms with Crippen LogP contribution in [0.5, 0.6) is 0 Å². The SMILES string of the molecule is CC(C)c1cccc(C(C)C)c1N=C1C(=NCCCP(Cc2ccccc2)c2ccccc2)c2cccc3cccc1c23. The fourth-order valence-corrected chi connectivity index (χ4v) is 8.58. The van der Waals surface area contributed by atoms with Crippen LogP contribution in [0.1, 0.15) is 73.8 Å². The Bertz CT molecular complexity index is 1740. The van der Waals surface area contributed by atoms with Crippen molar-refractivity contribution in [2.45, 2.75) is 52.1 Å². The van der Waals surface area contributed by atoms with Crippen molar-refractivity contribution in [2.24, 2.45) is 9.98 Å². The van der Waals surface area contributed by atoms with Gasteiger partial charge in [0.15, 0.2) is 0 Å². The third-order valence-corrected chi connectivity index (χ3v) is 11.0. The molecule has 0 fully saturated rings. The van der Waals surface area contributed by atoms with Crippen molar-refractivity contribution in [1.82, 2.24) is 0 Å². The lowest BCUT2D eigenvalue weighted by Gasteiger charge is -2.18. The fourth-order valence-electron chi connectivity index (χ4n) is 6.21. The highest BCUT2D eigenvalue weighted by atomic mass is 31.1. The molecule has 3 heteroatoms. The van der Waals surface area contributed by atoms with Crippen LogP contribution < -0.4 is 5.30 Å². The lowest BCUT2D eigenvalue weighted by atomic mass is 9.92. The maximum atomic E-state index is 5.53. The molecule has 5 aromatic rings. The molecule has 5 aromatic carbocycles. The maximum Gasteiger partial charge on any atom is 0.0974 e. The zero-order valence-corrected chi connectivity index (χ0v) is 26.7. The van der Waals surface area contributed by atoms with Crippen LogP contribution in [0.4, 0.5) is 5.69 Å². The van der Waals surface area contributed by atoms with E-state index in [1.807, 2.05) is 0 Å². The molecule has 0 heterocycles. The minimum atomic E-state index is -0.311. The molecule has 0 N–H and O–H groups in total. The van der Waals surface area contributed by atoms with Gasteiger partial charge in [0, 0.05) is 23.1 Å². The van der Waals surface area contributed by atoms with Gasteiger partial charge < -0.3 is 0 Å². The van der Waals surface area contributed by atoms with E-state index in [1.54, 1.807) is 0 Å². The number of hydrogen-bond donors (Lipinski definition) is 0. The summed E-state index contributed by atoms with van der Waals surface area (Å²) in [7, 11) is -0.311. The second kappa shape index (κ2) is 13.2. The first-order chi connectivity index (χ1) is 21.0. The largest absolute Gasteiger partial charge is 0.282 e. The molecule has 0 saturated heterocycles. The molecular weight excluding hydrogens is 539 g/mol. The topological polar surface area (TPSA) is 24.7 Å². The van der Waals surface area contributed by atoms with E-state index < -0.39 is 0 Å². The Labute approximate surface area is 258 Å². The van der Waals surface area contributed by atoms with Crippen LogP contribution >= 0.6 is 7.92 Å². The number of rotatable bonds is 10. The Kier molecular flexibility index (Phi) is 8.96. The number of hydrogen-bond acceptors (Lipinski definition) is 2. The lowest BCUT2D eigenvalue weighted by Crippen LogP contribution is -2.13. The summed E-state index contributed by atoms with van der Waals surface area (Å²) in [6.07, 6.45) is 3.32. The number of aliphatic imine (C=N–C) groups is 2. The van der Waals surface area contributed by atoms with Gasteiger partial charge in [-0.2, -0.15) is 0 Å². The Morgan fingerprint density at radius 3 is 1.81 bits per heavy atom. The normalized spacial score (nSPS) is 15.3. The first-order valence-electron chi connectivity index (χ1n) is 15.6. The molecule has 6 rings (SSSR count). The summed E-state index contributed by atoms with van der Waals surface area (Å²) >= 11 is 0. The Hall–Kier alpha value is -3.87. The summed E-state index contributed by atoms with van der Waals surface area (Å²) in [6, 6.07) is 41.9. The Morgan fingerprint density at radius 2 is 1.19 bits per heavy atom. The molecule has 0 amide bonds. The van der Waals surface area contributed by atoms with Crippen molar-refractivity contribution >= 4 is 41.1 Å². The predicted molar refractivity (Wildman–Crippen MR) is 189 cm³/mol. The van der Waals surface area contributed by atoms with Crippen LogP contribution in [-0.4, -0.2) is 24.1 Å². The van der Waals surface area contributed by atoms with Crippen molar-refractivity contribution in [3.8, 4) is 0 Å². The van der Waals surface area contributed by atoms with Gasteiger partial charge in [0.25, 0.3) is 0 Å². The second-order valence-electron chi connectivity index (χ2n) is 12.1. The van der Waals surface area contributed by atoms with Gasteiger partial charge in [0.1, 0.15) is 0 Å². The molecule has 1 aliphatic rings. The molecule has 0 radical (unpaired) electrons. The zero-order chi connectivity index (χ0) is 29.8. The number of para-hydroxylation sites is 1. The number of nitrogens with zero attached hydrogens (tertiary/aromatic N) is 2. The van der Waals surface area contributed by atoms with Gasteiger partial charge in [0.2, 0.25) is 0 Å². The van der Waals surface area contributed by atoms with Crippen molar-refractivity contribution < 1.29 is 0 Å². The highest BCUT2D eigenvalue weighted by Crippen LogP contribution is 2.40. The van der Waals surface area contributed by atoms with Crippen LogP contribution in [0, 0.1) is 0 Å². The molecular formula is C40H41N2P. The molecule has 1 aliphatic carbocycles. The third-order valence-electron chi connectivity index (χ3n) is 8.40. The van der Waals surface area contributed by atoms with Gasteiger partial charge in [-0.25, -0.2) is 4.99 Å². The van der Waals surface area contributed by atoms with Crippen LogP contribution in [-0.2, 0) is 6.16 Å². The van der Waals surface area contributed by atoms with E-state index >= 15 is 0 Å². The predicted octanol–water partition coefficient (Wildman–Crippen LogP) is 10.4. The number of benzene rings is 5. The molecule has 0 aliphatic heterocycles. The average Bonchev–Trinajstić information content (AvgIpc) is 3.33. The van der Waals surface area contributed by atoms with Crippen molar-refractivity contribution in [1.29, 1.82) is 0 Å². The Balaban J connectivity index is 1.35. The van der Waals surface area contributed by atoms with E-state index in [-0.39, 0.29) is 7.92 Å². The molecule has 0 aromatic heterocycles. The van der Waals surface area contributed by atoms with Crippen LogP contribution in [0.15, 0.2) is 125 Å². The average molecular weight is 581 g/mol. The standard InChI is InChI=1S/C40H41N2P/c1-28(2)33-21-13-22-34(29(3)4)38(33)42-40-36-24-12-18-31-17-11-23-35(37(31)36)39(40)41-25-14-26-43(32-19-9-6-10-20-32)27-30-15-7-5-8-16-30/h5-13,15-24,28-29H,14,25-27H2,1-4H3. The third kappa shape index (κ3) is 6.27. The van der Waals surface area contributed by atoms with Gasteiger partial charge in [-0.3, -0.25) is 4.99 Å². The summed E-state index contributed by atoms with van der Waals surface area (Å²) in [5, 5.41) is 4.01. The second-order valence-corrected chi connectivity index (χ2v) is 14.5. The molecule has 0 spiro atoms. The highest BCUT2D eigenvalue weighted by molar-refractivity contribution is 7.64. The van der Waals surface area contributed by atoms with Crippen molar-refractivity contribution in [2.75, 3.05) is 12.7 Å². The van der Waals surface area contributed by atoms with Gasteiger partial charge in [-0.05, 0) is 58.0 Å². The van der Waals surface area contributed by atoms with E-state index in [0.29, 0.717) is 11.8 Å². The summed E-state index contributed by atoms with van der Waals surface area (Å²) in [4.78, 5) is 10.9. The van der Waals surface area contributed by atoms with Crippen LogP contribution in [0.3, 0.4) is 0 Å². The summed E-state index contributed by atoms with van der Waals surface area (Å²) in [6.45, 7) is 9.86. The zero-order valence-electron chi connectivity index (χ0n) is 25.8. The van der Waals surface area contributed by atoms with E-state index in [2.05, 4.69) is 143 Å². The highest BCUT2D eigenvalue weighted by Gasteiger charge is 2.28. The Morgan fingerprint density at radius 1 is 0.605 bits per heavy atom.